The molecule has 0 aromatic rings. The number of carbonyl (C=O) groups excluding carboxylic acids is 2. The Labute approximate surface area is 234 Å². The van der Waals surface area contributed by atoms with E-state index in [1.54, 1.807) is 0 Å². The Balaban J connectivity index is 1.10. The van der Waals surface area contributed by atoms with Crippen molar-refractivity contribution < 1.29 is 24.2 Å². The molecule has 2 aliphatic heterocycles. The van der Waals surface area contributed by atoms with Crippen LogP contribution < -0.4 is 10.6 Å². The summed E-state index contributed by atoms with van der Waals surface area (Å²) in [4.78, 5) is 24.4. The van der Waals surface area contributed by atoms with Gasteiger partial charge in [-0.3, -0.25) is 9.59 Å². The zero-order valence-corrected chi connectivity index (χ0v) is 24.7. The number of aliphatic hydroxyl groups is 1. The molecular weight excluding hydrogens is 492 g/mol. The first kappa shape index (κ1) is 28.0. The Morgan fingerprint density at radius 1 is 0.923 bits per heavy atom. The second-order valence-corrected chi connectivity index (χ2v) is 15.0. The maximum atomic E-state index is 12.5. The van der Waals surface area contributed by atoms with Crippen LogP contribution in [0.3, 0.4) is 0 Å². The van der Waals surface area contributed by atoms with E-state index in [-0.39, 0.29) is 43.2 Å². The largest absolute Gasteiger partial charge is 0.395 e. The maximum Gasteiger partial charge on any atom is 0.229 e. The third-order valence-electron chi connectivity index (χ3n) is 13.1. The molecule has 12 atom stereocenters. The van der Waals surface area contributed by atoms with Crippen molar-refractivity contribution in [1.82, 2.24) is 10.6 Å². The van der Waals surface area contributed by atoms with Crippen LogP contribution in [0, 0.1) is 52.3 Å². The number of ether oxygens (including phenoxy) is 2. The van der Waals surface area contributed by atoms with Crippen LogP contribution in [0.2, 0.25) is 0 Å². The maximum absolute atomic E-state index is 12.5. The monoisotopic (exact) mass is 544 g/mol. The smallest absolute Gasteiger partial charge is 0.229 e. The summed E-state index contributed by atoms with van der Waals surface area (Å²) in [5.74, 6) is 3.83. The summed E-state index contributed by atoms with van der Waals surface area (Å²) in [5, 5.41) is 14.6. The quantitative estimate of drug-likeness (QED) is 0.446. The average Bonchev–Trinajstić information content (AvgIpc) is 3.34. The predicted molar refractivity (Wildman–Crippen MR) is 148 cm³/mol. The van der Waals surface area contributed by atoms with Gasteiger partial charge in [0.1, 0.15) is 6.42 Å². The molecule has 4 saturated carbocycles. The minimum absolute atomic E-state index is 0.111. The fraction of sp³-hybridized carbons (Fsp3) is 0.938. The topological polar surface area (TPSA) is 96.9 Å². The first-order chi connectivity index (χ1) is 18.6. The highest BCUT2D eigenvalue weighted by atomic mass is 16.7. The molecule has 2 saturated heterocycles. The molecule has 6 rings (SSSR count). The molecule has 5 unspecified atom stereocenters. The van der Waals surface area contributed by atoms with Crippen molar-refractivity contribution in [2.24, 2.45) is 52.3 Å². The molecule has 1 spiro atoms. The molecule has 7 heteroatoms. The predicted octanol–water partition coefficient (Wildman–Crippen LogP) is 4.42. The van der Waals surface area contributed by atoms with Gasteiger partial charge in [-0.2, -0.15) is 0 Å². The van der Waals surface area contributed by atoms with Gasteiger partial charge in [-0.15, -0.1) is 0 Å². The zero-order valence-electron chi connectivity index (χ0n) is 24.7. The second kappa shape index (κ2) is 10.3. The standard InChI is InChI=1S/C32H52N2O5/c1-19-7-12-32(38-18-19)20(2)29-26(39-32)16-25-23-6-5-21-15-22(34-28(37)17-27(36)33-13-14-35)8-10-30(21,3)24(23)9-11-31(25,29)4/h19-26,29,35H,5-18H2,1-4H3,(H,33,36)(H,34,37)/t19-,20-,21+,22-,23?,24?,25?,26?,29?,30-,31-,32+/m0/s1. The lowest BCUT2D eigenvalue weighted by atomic mass is 9.44. The Kier molecular flexibility index (Phi) is 7.36. The molecule has 39 heavy (non-hydrogen) atoms. The van der Waals surface area contributed by atoms with Gasteiger partial charge < -0.3 is 25.2 Å². The summed E-state index contributed by atoms with van der Waals surface area (Å²) < 4.78 is 13.4. The van der Waals surface area contributed by atoms with Crippen molar-refractivity contribution in [3.05, 3.63) is 0 Å². The van der Waals surface area contributed by atoms with Gasteiger partial charge in [-0.05, 0) is 104 Å². The Morgan fingerprint density at radius 3 is 2.46 bits per heavy atom. The minimum Gasteiger partial charge on any atom is -0.395 e. The van der Waals surface area contributed by atoms with Crippen molar-refractivity contribution in [3.8, 4) is 0 Å². The highest BCUT2D eigenvalue weighted by Gasteiger charge is 2.69. The zero-order chi connectivity index (χ0) is 27.6. The van der Waals surface area contributed by atoms with E-state index < -0.39 is 0 Å². The highest BCUT2D eigenvalue weighted by Crippen LogP contribution is 2.71. The molecule has 0 bridgehead atoms. The number of rotatable bonds is 5. The van der Waals surface area contributed by atoms with Gasteiger partial charge in [0, 0.05) is 24.9 Å². The summed E-state index contributed by atoms with van der Waals surface area (Å²) in [5.41, 5.74) is 0.699. The number of hydrogen-bond acceptors (Lipinski definition) is 5. The van der Waals surface area contributed by atoms with Crippen molar-refractivity contribution in [3.63, 3.8) is 0 Å². The number of aliphatic hydroxyl groups excluding tert-OH is 1. The number of nitrogens with one attached hydrogen (secondary N) is 2. The summed E-state index contributed by atoms with van der Waals surface area (Å²) in [7, 11) is 0. The van der Waals surface area contributed by atoms with E-state index in [0.29, 0.717) is 40.6 Å². The van der Waals surface area contributed by atoms with Crippen LogP contribution in [0.4, 0.5) is 0 Å². The van der Waals surface area contributed by atoms with Crippen molar-refractivity contribution in [2.75, 3.05) is 19.8 Å². The van der Waals surface area contributed by atoms with Crippen LogP contribution >= 0.6 is 0 Å². The number of fused-ring (bicyclic) bond motifs is 7. The summed E-state index contributed by atoms with van der Waals surface area (Å²) in [6.07, 6.45) is 12.1. The van der Waals surface area contributed by atoms with E-state index in [4.69, 9.17) is 14.6 Å². The molecule has 0 radical (unpaired) electrons. The Morgan fingerprint density at radius 2 is 1.72 bits per heavy atom. The molecule has 4 aliphatic carbocycles. The van der Waals surface area contributed by atoms with Crippen LogP contribution in [0.25, 0.3) is 0 Å². The van der Waals surface area contributed by atoms with Crippen molar-refractivity contribution >= 4 is 11.8 Å². The first-order valence-electron chi connectivity index (χ1n) is 16.1. The van der Waals surface area contributed by atoms with Crippen LogP contribution in [0.15, 0.2) is 0 Å². The van der Waals surface area contributed by atoms with Gasteiger partial charge in [-0.25, -0.2) is 0 Å². The van der Waals surface area contributed by atoms with Crippen molar-refractivity contribution in [2.45, 2.75) is 116 Å². The lowest BCUT2D eigenvalue weighted by Gasteiger charge is -2.61. The highest BCUT2D eigenvalue weighted by molar-refractivity contribution is 5.96. The Hall–Kier alpha value is -1.18. The van der Waals surface area contributed by atoms with Crippen LogP contribution in [0.1, 0.15) is 98.3 Å². The number of carbonyl (C=O) groups is 2. The van der Waals surface area contributed by atoms with Crippen LogP contribution in [-0.4, -0.2) is 54.6 Å². The first-order valence-corrected chi connectivity index (χ1v) is 16.1. The molecule has 220 valence electrons. The van der Waals surface area contributed by atoms with Crippen LogP contribution in [0.5, 0.6) is 0 Å². The third-order valence-corrected chi connectivity index (χ3v) is 13.1. The number of amides is 2. The Bertz CT molecular complexity index is 949. The van der Waals surface area contributed by atoms with Gasteiger partial charge >= 0.3 is 0 Å². The van der Waals surface area contributed by atoms with E-state index in [9.17, 15) is 9.59 Å². The molecule has 3 N–H and O–H groups in total. The lowest BCUT2D eigenvalue weighted by molar-refractivity contribution is -0.273. The second-order valence-electron chi connectivity index (χ2n) is 15.0. The van der Waals surface area contributed by atoms with Gasteiger partial charge in [0.25, 0.3) is 0 Å². The van der Waals surface area contributed by atoms with E-state index in [1.165, 1.54) is 44.9 Å². The molecule has 0 aromatic carbocycles. The summed E-state index contributed by atoms with van der Waals surface area (Å²) in [6, 6.07) is 0.168. The van der Waals surface area contributed by atoms with E-state index in [2.05, 4.69) is 38.3 Å². The summed E-state index contributed by atoms with van der Waals surface area (Å²) in [6.45, 7) is 10.8. The number of hydrogen-bond donors (Lipinski definition) is 3. The molecule has 6 aliphatic rings. The van der Waals surface area contributed by atoms with Gasteiger partial charge in [0.05, 0.1) is 19.3 Å². The molecule has 6 fully saturated rings. The van der Waals surface area contributed by atoms with Crippen LogP contribution in [-0.2, 0) is 19.1 Å². The summed E-state index contributed by atoms with van der Waals surface area (Å²) >= 11 is 0. The molecular formula is C32H52N2O5. The van der Waals surface area contributed by atoms with E-state index in [1.807, 2.05) is 0 Å². The average molecular weight is 545 g/mol. The van der Waals surface area contributed by atoms with Gasteiger partial charge in [0.2, 0.25) is 11.8 Å². The fourth-order valence-corrected chi connectivity index (χ4v) is 11.1. The molecule has 2 heterocycles. The normalized spacial score (nSPS) is 50.4. The fourth-order valence-electron chi connectivity index (χ4n) is 11.1. The van der Waals surface area contributed by atoms with Crippen molar-refractivity contribution in [1.29, 1.82) is 0 Å². The van der Waals surface area contributed by atoms with E-state index in [0.717, 1.165) is 43.6 Å². The third kappa shape index (κ3) is 4.57. The molecule has 2 amide bonds. The van der Waals surface area contributed by atoms with Gasteiger partial charge in [0.15, 0.2) is 5.79 Å². The van der Waals surface area contributed by atoms with E-state index >= 15 is 0 Å². The minimum atomic E-state index is -0.335. The lowest BCUT2D eigenvalue weighted by Crippen LogP contribution is -2.56. The van der Waals surface area contributed by atoms with Gasteiger partial charge in [-0.1, -0.05) is 27.7 Å². The molecule has 7 nitrogen and oxygen atoms in total. The molecule has 0 aromatic heterocycles. The SMILES string of the molecule is C[C@H]1CC[C@@]2(OC1)OC1CC3C4CC[C@@H]5C[C@@H](NC(=O)CC(=O)NCCO)CC[C@]5(C)C4CC[C@]3(C)C1[C@@H]2C.